The van der Waals surface area contributed by atoms with Gasteiger partial charge in [0.2, 0.25) is 0 Å². The van der Waals surface area contributed by atoms with Crippen molar-refractivity contribution < 1.29 is 4.74 Å². The van der Waals surface area contributed by atoms with Gasteiger partial charge in [-0.1, -0.05) is 11.6 Å². The average molecular weight is 250 g/mol. The van der Waals surface area contributed by atoms with Crippen molar-refractivity contribution in [3.63, 3.8) is 0 Å². The Labute approximate surface area is 102 Å². The van der Waals surface area contributed by atoms with Crippen LogP contribution in [0.3, 0.4) is 0 Å². The van der Waals surface area contributed by atoms with E-state index >= 15 is 0 Å². The molecule has 0 radical (unpaired) electrons. The van der Waals surface area contributed by atoms with Gasteiger partial charge in [0, 0.05) is 15.5 Å². The van der Waals surface area contributed by atoms with E-state index in [1.165, 1.54) is 0 Å². The number of rotatable bonds is 3. The molecular formula is C10H8ClN5O. The monoisotopic (exact) mass is 249 g/mol. The highest BCUT2D eigenvalue weighted by molar-refractivity contribution is 6.30. The van der Waals surface area contributed by atoms with E-state index in [1.807, 2.05) is 0 Å². The predicted octanol–water partition coefficient (Wildman–Crippen LogP) is 3.68. The van der Waals surface area contributed by atoms with Crippen molar-refractivity contribution in [1.29, 1.82) is 0 Å². The second-order valence-corrected chi connectivity index (χ2v) is 3.61. The average Bonchev–Trinajstić information content (AvgIpc) is 2.78. The molecule has 0 unspecified atom stereocenters. The maximum atomic E-state index is 8.31. The molecule has 0 spiro atoms. The molecular weight excluding hydrogens is 242 g/mol. The molecule has 0 fully saturated rings. The van der Waals surface area contributed by atoms with Crippen molar-refractivity contribution >= 4 is 17.4 Å². The summed E-state index contributed by atoms with van der Waals surface area (Å²) in [7, 11) is 1.56. The van der Waals surface area contributed by atoms with Crippen LogP contribution in [-0.2, 0) is 0 Å². The standard InChI is InChI=1S/C10H8ClN5O/c1-17-9-3-2-6(11)4-7(9)8-5-10(14-13-8)15-16-12/h2-5H,1H3,(H,13,14). The number of hydrogen-bond acceptors (Lipinski definition) is 3. The molecule has 0 aliphatic rings. The third-order valence-electron chi connectivity index (χ3n) is 2.15. The van der Waals surface area contributed by atoms with Crippen LogP contribution in [-0.4, -0.2) is 17.3 Å². The second kappa shape index (κ2) is 4.78. The highest BCUT2D eigenvalue weighted by atomic mass is 35.5. The number of nitrogens with zero attached hydrogens (tertiary/aromatic N) is 4. The van der Waals surface area contributed by atoms with Crippen LogP contribution in [0.1, 0.15) is 0 Å². The summed E-state index contributed by atoms with van der Waals surface area (Å²) in [6.45, 7) is 0. The Bertz CT molecular complexity index is 588. The van der Waals surface area contributed by atoms with Gasteiger partial charge in [0.1, 0.15) is 11.6 Å². The molecule has 1 aromatic carbocycles. The zero-order valence-corrected chi connectivity index (χ0v) is 9.64. The minimum atomic E-state index is 0.338. The quantitative estimate of drug-likeness (QED) is 0.511. The maximum Gasteiger partial charge on any atom is 0.128 e. The number of nitrogens with one attached hydrogen (secondary N) is 1. The molecule has 0 atom stereocenters. The van der Waals surface area contributed by atoms with E-state index in [0.29, 0.717) is 22.3 Å². The summed E-state index contributed by atoms with van der Waals surface area (Å²) in [4.78, 5) is 2.67. The van der Waals surface area contributed by atoms with E-state index in [2.05, 4.69) is 20.2 Å². The summed E-state index contributed by atoms with van der Waals surface area (Å²) >= 11 is 5.92. The lowest BCUT2D eigenvalue weighted by Gasteiger charge is -2.05. The van der Waals surface area contributed by atoms with Crippen molar-refractivity contribution in [2.75, 3.05) is 7.11 Å². The van der Waals surface area contributed by atoms with Crippen molar-refractivity contribution in [3.05, 3.63) is 39.7 Å². The van der Waals surface area contributed by atoms with Crippen LogP contribution in [0, 0.1) is 0 Å². The highest BCUT2D eigenvalue weighted by Gasteiger charge is 2.09. The number of benzene rings is 1. The summed E-state index contributed by atoms with van der Waals surface area (Å²) in [5, 5.41) is 10.6. The van der Waals surface area contributed by atoms with Crippen LogP contribution in [0.4, 0.5) is 5.82 Å². The lowest BCUT2D eigenvalue weighted by Crippen LogP contribution is -1.87. The van der Waals surface area contributed by atoms with Gasteiger partial charge in [0.05, 0.1) is 12.8 Å². The van der Waals surface area contributed by atoms with Gasteiger partial charge in [0.25, 0.3) is 0 Å². The molecule has 0 aliphatic heterocycles. The van der Waals surface area contributed by atoms with Crippen LogP contribution < -0.4 is 4.74 Å². The van der Waals surface area contributed by atoms with E-state index in [1.54, 1.807) is 31.4 Å². The number of H-pyrrole nitrogens is 1. The third kappa shape index (κ3) is 2.33. The van der Waals surface area contributed by atoms with Gasteiger partial charge in [-0.25, -0.2) is 0 Å². The number of aromatic amines is 1. The fraction of sp³-hybridized carbons (Fsp3) is 0.100. The van der Waals surface area contributed by atoms with Crippen molar-refractivity contribution in [2.24, 2.45) is 5.11 Å². The Balaban J connectivity index is 2.50. The molecule has 7 heteroatoms. The first-order chi connectivity index (χ1) is 8.24. The molecule has 2 rings (SSSR count). The number of ether oxygens (including phenoxy) is 1. The fourth-order valence-corrected chi connectivity index (χ4v) is 1.60. The van der Waals surface area contributed by atoms with Crippen LogP contribution >= 0.6 is 11.6 Å². The molecule has 1 aromatic heterocycles. The Morgan fingerprint density at radius 1 is 1.47 bits per heavy atom. The Hall–Kier alpha value is -2.17. The van der Waals surface area contributed by atoms with Gasteiger partial charge < -0.3 is 4.74 Å². The summed E-state index contributed by atoms with van der Waals surface area (Å²) in [5.74, 6) is 0.984. The second-order valence-electron chi connectivity index (χ2n) is 3.17. The predicted molar refractivity (Wildman–Crippen MR) is 64.4 cm³/mol. The van der Waals surface area contributed by atoms with Gasteiger partial charge in [-0.05, 0) is 34.9 Å². The van der Waals surface area contributed by atoms with E-state index in [9.17, 15) is 0 Å². The minimum Gasteiger partial charge on any atom is -0.496 e. The van der Waals surface area contributed by atoms with E-state index < -0.39 is 0 Å². The van der Waals surface area contributed by atoms with Crippen LogP contribution in [0.5, 0.6) is 5.75 Å². The van der Waals surface area contributed by atoms with Gasteiger partial charge in [-0.3, -0.25) is 5.10 Å². The first-order valence-corrected chi connectivity index (χ1v) is 5.07. The number of halogens is 1. The zero-order chi connectivity index (χ0) is 12.3. The molecule has 1 N–H and O–H groups in total. The van der Waals surface area contributed by atoms with Crippen LogP contribution in [0.25, 0.3) is 21.7 Å². The number of aromatic nitrogens is 2. The topological polar surface area (TPSA) is 86.7 Å². The van der Waals surface area contributed by atoms with Gasteiger partial charge in [-0.2, -0.15) is 5.10 Å². The molecule has 0 amide bonds. The van der Waals surface area contributed by atoms with Crippen molar-refractivity contribution in [2.45, 2.75) is 0 Å². The number of hydrogen-bond donors (Lipinski definition) is 1. The van der Waals surface area contributed by atoms with Gasteiger partial charge >= 0.3 is 0 Å². The lowest BCUT2D eigenvalue weighted by atomic mass is 10.1. The molecule has 1 heterocycles. The minimum absolute atomic E-state index is 0.338. The summed E-state index contributed by atoms with van der Waals surface area (Å²) < 4.78 is 5.21. The fourth-order valence-electron chi connectivity index (χ4n) is 1.43. The van der Waals surface area contributed by atoms with Gasteiger partial charge in [0.15, 0.2) is 0 Å². The van der Waals surface area contributed by atoms with Crippen molar-refractivity contribution in [1.82, 2.24) is 10.2 Å². The molecule has 2 aromatic rings. The molecule has 17 heavy (non-hydrogen) atoms. The molecule has 0 aliphatic carbocycles. The van der Waals surface area contributed by atoms with E-state index in [-0.39, 0.29) is 0 Å². The Kier molecular flexibility index (Phi) is 3.18. The third-order valence-corrected chi connectivity index (χ3v) is 2.39. The number of methoxy groups -OCH3 is 1. The lowest BCUT2D eigenvalue weighted by molar-refractivity contribution is 0.416. The van der Waals surface area contributed by atoms with E-state index in [4.69, 9.17) is 21.9 Å². The molecule has 0 saturated heterocycles. The SMILES string of the molecule is COc1ccc(Cl)cc1-c1cc(N=[N+]=[N-])[nH]n1. The van der Waals surface area contributed by atoms with Crippen LogP contribution in [0.2, 0.25) is 5.02 Å². The Morgan fingerprint density at radius 2 is 2.29 bits per heavy atom. The Morgan fingerprint density at radius 3 is 3.00 bits per heavy atom. The largest absolute Gasteiger partial charge is 0.496 e. The maximum absolute atomic E-state index is 8.31. The summed E-state index contributed by atoms with van der Waals surface area (Å²) in [6.07, 6.45) is 0. The molecule has 86 valence electrons. The normalized spacial score (nSPS) is 9.76. The first-order valence-electron chi connectivity index (χ1n) is 4.69. The molecule has 0 bridgehead atoms. The first kappa shape index (κ1) is 11.3. The van der Waals surface area contributed by atoms with E-state index in [0.717, 1.165) is 5.56 Å². The number of azide groups is 1. The zero-order valence-electron chi connectivity index (χ0n) is 8.88. The summed E-state index contributed by atoms with van der Waals surface area (Å²) in [5.41, 5.74) is 9.64. The highest BCUT2D eigenvalue weighted by Crippen LogP contribution is 2.32. The molecule has 0 saturated carbocycles. The molecule has 6 nitrogen and oxygen atoms in total. The summed E-state index contributed by atoms with van der Waals surface area (Å²) in [6, 6.07) is 6.83. The van der Waals surface area contributed by atoms with Crippen molar-refractivity contribution in [3.8, 4) is 17.0 Å². The van der Waals surface area contributed by atoms with Gasteiger partial charge in [-0.15, -0.1) is 0 Å². The van der Waals surface area contributed by atoms with Crippen LogP contribution in [0.15, 0.2) is 29.4 Å². The smallest absolute Gasteiger partial charge is 0.128 e.